The van der Waals surface area contributed by atoms with E-state index in [1.165, 1.54) is 24.3 Å². The van der Waals surface area contributed by atoms with E-state index in [2.05, 4.69) is 15.9 Å². The zero-order valence-corrected chi connectivity index (χ0v) is 21.6. The van der Waals surface area contributed by atoms with Crippen molar-refractivity contribution in [1.29, 1.82) is 0 Å². The Labute approximate surface area is 221 Å². The second-order valence-electron chi connectivity index (χ2n) is 6.92. The fourth-order valence-corrected chi connectivity index (χ4v) is 4.70. The molecule has 0 spiro atoms. The first-order chi connectivity index (χ1) is 15.6. The molecule has 33 heavy (non-hydrogen) atoms. The molecule has 5 nitrogen and oxygen atoms in total. The lowest BCUT2D eigenvalue weighted by molar-refractivity contribution is 0.000879. The molecule has 3 amide bonds. The van der Waals surface area contributed by atoms with Crippen molar-refractivity contribution < 1.29 is 14.4 Å². The summed E-state index contributed by atoms with van der Waals surface area (Å²) >= 11 is 34.0. The van der Waals surface area contributed by atoms with E-state index in [1.54, 1.807) is 24.3 Å². The predicted molar refractivity (Wildman–Crippen MR) is 132 cm³/mol. The Kier molecular flexibility index (Phi) is 6.97. The van der Waals surface area contributed by atoms with Gasteiger partial charge >= 0.3 is 0 Å². The minimum absolute atomic E-state index is 0.100. The summed E-state index contributed by atoms with van der Waals surface area (Å²) in [5.74, 6) is -2.31. The molecule has 0 unspecified atom stereocenters. The molecule has 0 fully saturated rings. The van der Waals surface area contributed by atoms with Crippen LogP contribution in [0.15, 0.2) is 53.0 Å². The average Bonchev–Trinajstić information content (AvgIpc) is 3.06. The number of carbonyl (C=O) groups excluding carboxylic acids is 3. The Morgan fingerprint density at radius 1 is 0.758 bits per heavy atom. The third-order valence-electron chi connectivity index (χ3n) is 4.89. The average molecular weight is 608 g/mol. The number of fused-ring (bicyclic) bond motifs is 1. The molecular weight excluding hydrogens is 597 g/mol. The van der Waals surface area contributed by atoms with Crippen molar-refractivity contribution in [3.63, 3.8) is 0 Å². The van der Waals surface area contributed by atoms with Gasteiger partial charge in [0.25, 0.3) is 17.7 Å². The number of nitrogens with zero attached hydrogens (tertiary/aromatic N) is 2. The number of hydrogen-bond acceptors (Lipinski definition) is 3. The number of hydrogen-bond donors (Lipinski definition) is 0. The summed E-state index contributed by atoms with van der Waals surface area (Å²) in [5.41, 5.74) is 0.434. The molecule has 0 radical (unpaired) electrons. The third kappa shape index (κ3) is 4.36. The monoisotopic (exact) mass is 604 g/mol. The first-order valence-corrected chi connectivity index (χ1v) is 11.9. The van der Waals surface area contributed by atoms with Crippen molar-refractivity contribution in [3.05, 3.63) is 100 Å². The lowest BCUT2D eigenvalue weighted by Gasteiger charge is -2.30. The van der Waals surface area contributed by atoms with Crippen LogP contribution in [-0.2, 0) is 6.54 Å². The van der Waals surface area contributed by atoms with Crippen LogP contribution in [0.3, 0.4) is 0 Å². The Morgan fingerprint density at radius 3 is 1.73 bits per heavy atom. The van der Waals surface area contributed by atoms with Crippen LogP contribution in [0.25, 0.3) is 0 Å². The van der Waals surface area contributed by atoms with Crippen LogP contribution in [0, 0.1) is 0 Å². The number of imide groups is 1. The molecule has 0 aromatic heterocycles. The molecule has 3 aromatic carbocycles. The Morgan fingerprint density at radius 2 is 1.24 bits per heavy atom. The van der Waals surface area contributed by atoms with E-state index in [0.717, 1.165) is 9.48 Å². The lowest BCUT2D eigenvalue weighted by Crippen LogP contribution is -2.49. The predicted octanol–water partition coefficient (Wildman–Crippen LogP) is 7.57. The topological polar surface area (TPSA) is 57.7 Å². The summed E-state index contributed by atoms with van der Waals surface area (Å²) in [7, 11) is 0. The second-order valence-corrected chi connectivity index (χ2v) is 9.79. The normalized spacial score (nSPS) is 12.8. The van der Waals surface area contributed by atoms with E-state index >= 15 is 0 Å². The van der Waals surface area contributed by atoms with Gasteiger partial charge in [-0.15, -0.1) is 0 Å². The zero-order chi connectivity index (χ0) is 24.0. The van der Waals surface area contributed by atoms with Crippen molar-refractivity contribution in [1.82, 2.24) is 10.0 Å². The maximum Gasteiger partial charge on any atom is 0.282 e. The van der Waals surface area contributed by atoms with Gasteiger partial charge in [-0.05, 0) is 42.0 Å². The summed E-state index contributed by atoms with van der Waals surface area (Å²) in [6, 6.07) is 13.1. The highest BCUT2D eigenvalue weighted by Crippen LogP contribution is 2.45. The van der Waals surface area contributed by atoms with Gasteiger partial charge in [0.2, 0.25) is 0 Å². The van der Waals surface area contributed by atoms with E-state index in [1.807, 2.05) is 0 Å². The molecule has 0 aliphatic carbocycles. The SMILES string of the molecule is O=C(c1ccc(Cl)cc1)N(Cc1ccc(Br)cc1)N1C(=O)c2c(Cl)c(Cl)c(Cl)c(Cl)c2C1=O. The van der Waals surface area contributed by atoms with Gasteiger partial charge in [-0.3, -0.25) is 14.4 Å². The number of amides is 3. The first-order valence-electron chi connectivity index (χ1n) is 9.18. The van der Waals surface area contributed by atoms with Gasteiger partial charge in [0, 0.05) is 15.1 Å². The van der Waals surface area contributed by atoms with Gasteiger partial charge in [0.1, 0.15) is 0 Å². The molecule has 0 atom stereocenters. The molecule has 0 N–H and O–H groups in total. The van der Waals surface area contributed by atoms with Gasteiger partial charge in [-0.2, -0.15) is 5.01 Å². The molecule has 0 saturated heterocycles. The van der Waals surface area contributed by atoms with E-state index in [9.17, 15) is 14.4 Å². The standard InChI is InChI=1S/C22H10BrCl5N2O3/c23-12-5-1-10(2-6-12)9-29(20(31)11-3-7-13(24)8-4-11)30-21(32)14-15(22(30)33)17(26)19(28)18(27)16(14)25/h1-8H,9H2. The van der Waals surface area contributed by atoms with Gasteiger partial charge in [0.05, 0.1) is 37.8 Å². The molecule has 168 valence electrons. The molecule has 11 heteroatoms. The molecule has 1 aliphatic rings. The molecule has 0 saturated carbocycles. The Bertz CT molecular complexity index is 1270. The van der Waals surface area contributed by atoms with E-state index in [0.29, 0.717) is 15.6 Å². The molecule has 1 aliphatic heterocycles. The molecule has 0 bridgehead atoms. The Hall–Kier alpha value is -1.80. The smallest absolute Gasteiger partial charge is 0.267 e. The molecular formula is C22H10BrCl5N2O3. The number of hydrazine groups is 1. The fraction of sp³-hybridized carbons (Fsp3) is 0.0455. The van der Waals surface area contributed by atoms with Crippen molar-refractivity contribution in [2.45, 2.75) is 6.54 Å². The maximum atomic E-state index is 13.5. The summed E-state index contributed by atoms with van der Waals surface area (Å²) in [6.07, 6.45) is 0. The first kappa shape index (κ1) is 24.3. The van der Waals surface area contributed by atoms with Crippen LogP contribution in [-0.4, -0.2) is 27.7 Å². The zero-order valence-electron chi connectivity index (χ0n) is 16.2. The second kappa shape index (κ2) is 9.45. The molecule has 1 heterocycles. The van der Waals surface area contributed by atoms with Gasteiger partial charge in [-0.25, -0.2) is 5.01 Å². The van der Waals surface area contributed by atoms with E-state index in [4.69, 9.17) is 58.0 Å². The number of carbonyl (C=O) groups is 3. The minimum Gasteiger partial charge on any atom is -0.267 e. The van der Waals surface area contributed by atoms with Crippen molar-refractivity contribution in [2.24, 2.45) is 0 Å². The van der Waals surface area contributed by atoms with Crippen molar-refractivity contribution in [2.75, 3.05) is 0 Å². The van der Waals surface area contributed by atoms with Crippen LogP contribution in [0.1, 0.15) is 36.6 Å². The fourth-order valence-electron chi connectivity index (χ4n) is 3.29. The third-order valence-corrected chi connectivity index (χ3v) is 7.47. The largest absolute Gasteiger partial charge is 0.282 e. The van der Waals surface area contributed by atoms with Crippen LogP contribution in [0.4, 0.5) is 0 Å². The summed E-state index contributed by atoms with van der Waals surface area (Å²) in [5, 5.41) is 1.39. The highest BCUT2D eigenvalue weighted by molar-refractivity contribution is 9.10. The van der Waals surface area contributed by atoms with Gasteiger partial charge in [0.15, 0.2) is 0 Å². The van der Waals surface area contributed by atoms with Gasteiger partial charge in [-0.1, -0.05) is 86.1 Å². The quantitative estimate of drug-likeness (QED) is 0.175. The minimum atomic E-state index is -0.847. The van der Waals surface area contributed by atoms with E-state index < -0.39 is 17.7 Å². The van der Waals surface area contributed by atoms with Crippen LogP contribution in [0.2, 0.25) is 25.1 Å². The summed E-state index contributed by atoms with van der Waals surface area (Å²) in [4.78, 5) is 40.2. The van der Waals surface area contributed by atoms with Crippen molar-refractivity contribution >= 4 is 91.7 Å². The van der Waals surface area contributed by atoms with Crippen LogP contribution >= 0.6 is 73.9 Å². The van der Waals surface area contributed by atoms with Gasteiger partial charge < -0.3 is 0 Å². The number of halogens is 6. The number of rotatable bonds is 4. The Balaban J connectivity index is 1.83. The molecule has 4 rings (SSSR count). The van der Waals surface area contributed by atoms with Crippen LogP contribution < -0.4 is 0 Å². The summed E-state index contributed by atoms with van der Waals surface area (Å²) in [6.45, 7) is -0.100. The van der Waals surface area contributed by atoms with E-state index in [-0.39, 0.29) is 43.3 Å². The lowest BCUT2D eigenvalue weighted by atomic mass is 10.1. The van der Waals surface area contributed by atoms with Crippen LogP contribution in [0.5, 0.6) is 0 Å². The summed E-state index contributed by atoms with van der Waals surface area (Å²) < 4.78 is 0.824. The molecule has 3 aromatic rings. The number of benzene rings is 3. The maximum absolute atomic E-state index is 13.5. The highest BCUT2D eigenvalue weighted by Gasteiger charge is 2.46. The highest BCUT2D eigenvalue weighted by atomic mass is 79.9. The van der Waals surface area contributed by atoms with Crippen molar-refractivity contribution in [3.8, 4) is 0 Å².